The molecule has 0 amide bonds. The molecule has 0 radical (unpaired) electrons. The highest BCUT2D eigenvalue weighted by molar-refractivity contribution is 7.08. The molecule has 4 rings (SSSR count). The van der Waals surface area contributed by atoms with Gasteiger partial charge in [-0.25, -0.2) is 0 Å². The molecule has 0 N–H and O–H groups in total. The van der Waals surface area contributed by atoms with Crippen LogP contribution in [0.15, 0.2) is 51.9 Å². The predicted octanol–water partition coefficient (Wildman–Crippen LogP) is 3.96. The van der Waals surface area contributed by atoms with Crippen molar-refractivity contribution in [1.29, 1.82) is 0 Å². The summed E-state index contributed by atoms with van der Waals surface area (Å²) >= 11 is 1.74. The molecule has 3 nitrogen and oxygen atoms in total. The molecular weight excluding hydrogens is 280 g/mol. The van der Waals surface area contributed by atoms with Crippen LogP contribution in [0.25, 0.3) is 11.1 Å². The Kier molecular flexibility index (Phi) is 3.33. The Morgan fingerprint density at radius 1 is 1.14 bits per heavy atom. The monoisotopic (exact) mass is 296 g/mol. The van der Waals surface area contributed by atoms with Crippen molar-refractivity contribution in [3.8, 4) is 11.1 Å². The molecule has 0 bridgehead atoms. The van der Waals surface area contributed by atoms with Crippen molar-refractivity contribution in [2.24, 2.45) is 0 Å². The maximum absolute atomic E-state index is 5.05. The third-order valence-corrected chi connectivity index (χ3v) is 4.69. The third kappa shape index (κ3) is 2.64. The van der Waals surface area contributed by atoms with Gasteiger partial charge in [-0.15, -0.1) is 0 Å². The molecule has 21 heavy (non-hydrogen) atoms. The first-order valence-electron chi connectivity index (χ1n) is 7.14. The van der Waals surface area contributed by atoms with Gasteiger partial charge >= 0.3 is 0 Å². The summed E-state index contributed by atoms with van der Waals surface area (Å²) in [6, 6.07) is 11.1. The second-order valence-corrected chi connectivity index (χ2v) is 6.24. The van der Waals surface area contributed by atoms with E-state index in [1.807, 2.05) is 0 Å². The molecule has 0 spiro atoms. The van der Waals surface area contributed by atoms with Crippen LogP contribution >= 0.6 is 11.3 Å². The summed E-state index contributed by atoms with van der Waals surface area (Å²) in [5.74, 6) is 0. The second kappa shape index (κ2) is 5.47. The van der Waals surface area contributed by atoms with Crippen LogP contribution in [0.3, 0.4) is 0 Å². The average Bonchev–Trinajstić information content (AvgIpc) is 3.19. The molecule has 0 unspecified atom stereocenters. The van der Waals surface area contributed by atoms with Gasteiger partial charge < -0.3 is 4.52 Å². The number of fused-ring (bicyclic) bond motifs is 1. The fourth-order valence-corrected chi connectivity index (χ4v) is 3.49. The van der Waals surface area contributed by atoms with Gasteiger partial charge in [0.15, 0.2) is 0 Å². The highest BCUT2D eigenvalue weighted by atomic mass is 32.1. The van der Waals surface area contributed by atoms with Gasteiger partial charge in [-0.1, -0.05) is 29.4 Å². The molecule has 2 aromatic heterocycles. The van der Waals surface area contributed by atoms with Crippen molar-refractivity contribution in [3.05, 3.63) is 64.2 Å². The zero-order valence-corrected chi connectivity index (χ0v) is 12.5. The van der Waals surface area contributed by atoms with Crippen LogP contribution in [0.5, 0.6) is 0 Å². The van der Waals surface area contributed by atoms with E-state index in [0.29, 0.717) is 0 Å². The number of aromatic nitrogens is 1. The number of rotatable bonds is 3. The maximum atomic E-state index is 5.05. The fourth-order valence-electron chi connectivity index (χ4n) is 2.82. The van der Waals surface area contributed by atoms with Gasteiger partial charge in [0.2, 0.25) is 0 Å². The normalized spacial score (nSPS) is 15.0. The van der Waals surface area contributed by atoms with Gasteiger partial charge in [0.1, 0.15) is 6.26 Å². The first-order chi connectivity index (χ1) is 10.4. The van der Waals surface area contributed by atoms with Gasteiger partial charge in [0, 0.05) is 31.6 Å². The molecular formula is C17H16N2OS. The Morgan fingerprint density at radius 2 is 2.05 bits per heavy atom. The van der Waals surface area contributed by atoms with Crippen molar-refractivity contribution in [3.63, 3.8) is 0 Å². The van der Waals surface area contributed by atoms with Gasteiger partial charge in [-0.2, -0.15) is 11.3 Å². The summed E-state index contributed by atoms with van der Waals surface area (Å²) in [7, 11) is 0. The Hall–Kier alpha value is -1.91. The number of hydrogen-bond donors (Lipinski definition) is 0. The Balaban J connectivity index is 1.46. The minimum Gasteiger partial charge on any atom is -0.364 e. The topological polar surface area (TPSA) is 29.3 Å². The van der Waals surface area contributed by atoms with E-state index in [1.165, 1.54) is 22.3 Å². The first-order valence-corrected chi connectivity index (χ1v) is 8.09. The standard InChI is InChI=1S/C17H16N2OS/c1-3-14(15-6-8-21-12-15)4-2-13(1)9-19-7-5-17-16(10-19)11-20-18-17/h1-4,6,8,11-12H,5,7,9-10H2. The van der Waals surface area contributed by atoms with E-state index in [-0.39, 0.29) is 0 Å². The molecule has 4 heteroatoms. The summed E-state index contributed by atoms with van der Waals surface area (Å²) in [5, 5.41) is 8.34. The van der Waals surface area contributed by atoms with Crippen molar-refractivity contribution < 1.29 is 4.52 Å². The lowest BCUT2D eigenvalue weighted by Crippen LogP contribution is -2.29. The number of thiophene rings is 1. The van der Waals surface area contributed by atoms with Gasteiger partial charge in [-0.05, 0) is 33.5 Å². The molecule has 0 saturated heterocycles. The van der Waals surface area contributed by atoms with E-state index in [1.54, 1.807) is 17.6 Å². The van der Waals surface area contributed by atoms with E-state index in [0.717, 1.165) is 31.7 Å². The lowest BCUT2D eigenvalue weighted by Gasteiger charge is -2.25. The van der Waals surface area contributed by atoms with Crippen LogP contribution in [-0.2, 0) is 19.5 Å². The molecule has 0 saturated carbocycles. The molecule has 0 atom stereocenters. The summed E-state index contributed by atoms with van der Waals surface area (Å²) in [6.45, 7) is 2.96. The maximum Gasteiger partial charge on any atom is 0.128 e. The van der Waals surface area contributed by atoms with Crippen LogP contribution in [-0.4, -0.2) is 16.6 Å². The molecule has 1 aliphatic rings. The zero-order valence-electron chi connectivity index (χ0n) is 11.7. The van der Waals surface area contributed by atoms with Crippen molar-refractivity contribution in [2.45, 2.75) is 19.5 Å². The Labute approximate surface area is 127 Å². The molecule has 1 aromatic carbocycles. The quantitative estimate of drug-likeness (QED) is 0.732. The van der Waals surface area contributed by atoms with E-state index in [9.17, 15) is 0 Å². The number of nitrogens with zero attached hydrogens (tertiary/aromatic N) is 2. The molecule has 106 valence electrons. The largest absolute Gasteiger partial charge is 0.364 e. The van der Waals surface area contributed by atoms with Crippen LogP contribution < -0.4 is 0 Å². The van der Waals surface area contributed by atoms with Crippen LogP contribution in [0.2, 0.25) is 0 Å². The van der Waals surface area contributed by atoms with Gasteiger partial charge in [0.05, 0.1) is 5.69 Å². The van der Waals surface area contributed by atoms with Crippen molar-refractivity contribution in [2.75, 3.05) is 6.54 Å². The van der Waals surface area contributed by atoms with E-state index >= 15 is 0 Å². The Morgan fingerprint density at radius 3 is 2.86 bits per heavy atom. The van der Waals surface area contributed by atoms with Gasteiger partial charge in [-0.3, -0.25) is 4.90 Å². The first kappa shape index (κ1) is 12.8. The molecule has 0 aliphatic carbocycles. The summed E-state index contributed by atoms with van der Waals surface area (Å²) in [5.41, 5.74) is 6.31. The summed E-state index contributed by atoms with van der Waals surface area (Å²) in [6.07, 6.45) is 2.76. The van der Waals surface area contributed by atoms with Crippen molar-refractivity contribution in [1.82, 2.24) is 10.1 Å². The predicted molar refractivity (Wildman–Crippen MR) is 84.1 cm³/mol. The minimum absolute atomic E-state index is 0.936. The third-order valence-electron chi connectivity index (χ3n) is 4.00. The van der Waals surface area contributed by atoms with Gasteiger partial charge in [0.25, 0.3) is 0 Å². The zero-order chi connectivity index (χ0) is 14.1. The summed E-state index contributed by atoms with van der Waals surface area (Å²) < 4.78 is 5.05. The highest BCUT2D eigenvalue weighted by Crippen LogP contribution is 2.24. The van der Waals surface area contributed by atoms with Crippen molar-refractivity contribution >= 4 is 11.3 Å². The smallest absolute Gasteiger partial charge is 0.128 e. The molecule has 1 aliphatic heterocycles. The lowest BCUT2D eigenvalue weighted by molar-refractivity contribution is 0.244. The van der Waals surface area contributed by atoms with E-state index in [4.69, 9.17) is 4.52 Å². The number of benzene rings is 1. The minimum atomic E-state index is 0.936. The number of hydrogen-bond acceptors (Lipinski definition) is 4. The Bertz CT molecular complexity index is 716. The van der Waals surface area contributed by atoms with Crippen LogP contribution in [0, 0.1) is 0 Å². The highest BCUT2D eigenvalue weighted by Gasteiger charge is 2.19. The SMILES string of the molecule is c1cc(-c2ccc(CN3CCc4nocc4C3)cc2)cs1. The average molecular weight is 296 g/mol. The lowest BCUT2D eigenvalue weighted by atomic mass is 10.0. The second-order valence-electron chi connectivity index (χ2n) is 5.46. The fraction of sp³-hybridized carbons (Fsp3) is 0.235. The van der Waals surface area contributed by atoms with E-state index in [2.05, 4.69) is 51.1 Å². The molecule has 3 aromatic rings. The van der Waals surface area contributed by atoms with Crippen LogP contribution in [0.4, 0.5) is 0 Å². The van der Waals surface area contributed by atoms with E-state index < -0.39 is 0 Å². The summed E-state index contributed by atoms with van der Waals surface area (Å²) in [4.78, 5) is 2.44. The van der Waals surface area contributed by atoms with Crippen LogP contribution in [0.1, 0.15) is 16.8 Å². The molecule has 3 heterocycles. The molecule has 0 fully saturated rings.